The van der Waals surface area contributed by atoms with Crippen LogP contribution in [0.1, 0.15) is 267 Å². The van der Waals surface area contributed by atoms with Gasteiger partial charge in [0.05, 0.1) is 0 Å². The molecule has 0 radical (unpaired) electrons. The normalized spacial score (nSPS) is 19.9. The molecule has 0 unspecified atom stereocenters. The first-order valence-corrected chi connectivity index (χ1v) is 39.6. The monoisotopic (exact) mass is 1700 g/mol. The number of likely N-dealkylation sites (N-methyl/N-ethyl adjacent to an activating group) is 2. The van der Waals surface area contributed by atoms with Crippen LogP contribution in [0, 0.1) is 0 Å². The topological polar surface area (TPSA) is 32.4 Å². The Balaban J connectivity index is -0.0000000872. The van der Waals surface area contributed by atoms with Gasteiger partial charge in [-0.2, -0.15) is 0 Å². The van der Waals surface area contributed by atoms with E-state index < -0.39 is 0 Å². The van der Waals surface area contributed by atoms with Crippen LogP contribution in [0.4, 0.5) is 0 Å². The van der Waals surface area contributed by atoms with Gasteiger partial charge in [-0.1, -0.05) is 158 Å². The van der Waals surface area contributed by atoms with Gasteiger partial charge in [0.15, 0.2) is 0 Å². The molecular weight excluding hydrogens is 1530 g/mol. The summed E-state index contributed by atoms with van der Waals surface area (Å²) in [6.45, 7) is 58.0. The molecule has 83 heavy (non-hydrogen) atoms. The van der Waals surface area contributed by atoms with E-state index in [1.54, 1.807) is 70.1 Å². The fourth-order valence-corrected chi connectivity index (χ4v) is 10.8. The fourth-order valence-electron chi connectivity index (χ4n) is 8.25. The molecule has 0 aromatic rings. The van der Waals surface area contributed by atoms with Gasteiger partial charge in [-0.3, -0.25) is 0 Å². The van der Waals surface area contributed by atoms with Crippen molar-refractivity contribution in [1.82, 2.24) is 49.0 Å². The molecule has 9 heterocycles. The standard InChI is InChI=1S/C7H15N.C6H14N2.2C6H13N.2C6H11N.C5H11N.C5H9N.C4H9N.9C2H6.CH4.3W/c1-8-6-4-2-3-5-7-8;1-7-3-5-8(2)6-4-7;4*1-7-5-3-2-4-6-7;2*1-6-4-2-3-5-6;1-5-3-2-4-5;9*1-2;;;;/h2-7H2,1H3;3-6H2,1-2H3;2*2-6H2,1H3;2*2-5H2,1H3;2-5H2,1H3;2-4H2,1H3;2-4H2,1H3;9*1-2H3;1H4;;;. The number of hydrogen-bond donors (Lipinski definition) is 0. The summed E-state index contributed by atoms with van der Waals surface area (Å²) < 4.78 is 4.90. The summed E-state index contributed by atoms with van der Waals surface area (Å²) in [7, 11) is 21.8. The molecule has 0 atom stereocenters. The van der Waals surface area contributed by atoms with Crippen LogP contribution in [0.2, 0.25) is 0 Å². The molecular formula is C70H164N10W3. The molecule has 0 aliphatic carbocycles. The maximum Gasteiger partial charge on any atom is 0.0107 e. The predicted molar refractivity (Wildman–Crippen MR) is 381 cm³/mol. The van der Waals surface area contributed by atoms with E-state index in [-0.39, 0.29) is 7.43 Å². The minimum Gasteiger partial charge on any atom is -0.304 e. The molecule has 9 rings (SSSR count). The maximum absolute atomic E-state index is 2.42. The van der Waals surface area contributed by atoms with Crippen LogP contribution < -0.4 is 0 Å². The van der Waals surface area contributed by atoms with Crippen molar-refractivity contribution in [2.24, 2.45) is 0 Å². The third-order valence-electron chi connectivity index (χ3n) is 13.6. The van der Waals surface area contributed by atoms with Crippen molar-refractivity contribution in [3.05, 3.63) is 0 Å². The van der Waals surface area contributed by atoms with Gasteiger partial charge in [-0.25, -0.2) is 0 Å². The fraction of sp³-hybridized carbons (Fsp3) is 0.957. The van der Waals surface area contributed by atoms with Crippen molar-refractivity contribution in [2.45, 2.75) is 267 Å². The van der Waals surface area contributed by atoms with Crippen LogP contribution in [0.25, 0.3) is 0 Å². The molecule has 13 heteroatoms. The van der Waals surface area contributed by atoms with Gasteiger partial charge in [0, 0.05) is 26.2 Å². The van der Waals surface area contributed by atoms with E-state index in [1.165, 1.54) is 246 Å². The van der Waals surface area contributed by atoms with Crippen molar-refractivity contribution in [3.8, 4) is 0 Å². The second-order valence-electron chi connectivity index (χ2n) is 20.2. The Labute approximate surface area is 563 Å². The summed E-state index contributed by atoms with van der Waals surface area (Å²) in [5.41, 5.74) is 0. The van der Waals surface area contributed by atoms with Crippen molar-refractivity contribution in [2.75, 3.05) is 182 Å². The van der Waals surface area contributed by atoms with E-state index in [9.17, 15) is 0 Å². The number of likely N-dealkylation sites (tertiary alicyclic amines) is 8. The number of hydrogen-bond acceptors (Lipinski definition) is 10. The number of rotatable bonds is 0. The van der Waals surface area contributed by atoms with Crippen LogP contribution in [0.15, 0.2) is 0 Å². The predicted octanol–water partition coefficient (Wildman–Crippen LogP) is 16.4. The maximum atomic E-state index is 2.42. The van der Waals surface area contributed by atoms with Gasteiger partial charge in [-0.15, -0.1) is 0 Å². The molecule has 9 fully saturated rings. The van der Waals surface area contributed by atoms with Crippen LogP contribution in [-0.4, -0.2) is 243 Å². The van der Waals surface area contributed by atoms with Crippen molar-refractivity contribution < 1.29 is 58.1 Å². The molecule has 0 aromatic carbocycles. The molecule has 9 aliphatic rings. The molecule has 0 aromatic heterocycles. The zero-order chi connectivity index (χ0) is 65.4. The first kappa shape index (κ1) is 106. The molecule has 9 aliphatic heterocycles. The molecule has 0 amide bonds. The van der Waals surface area contributed by atoms with Gasteiger partial charge < -0.3 is 34.3 Å². The summed E-state index contributed by atoms with van der Waals surface area (Å²) in [5, 5.41) is 0. The Morgan fingerprint density at radius 2 is 0.325 bits per heavy atom. The molecule has 0 N–H and O–H groups in total. The third kappa shape index (κ3) is 83.3. The summed E-state index contributed by atoms with van der Waals surface area (Å²) in [6, 6.07) is 0. The summed E-state index contributed by atoms with van der Waals surface area (Å²) in [6.07, 6.45) is 29.6. The largest absolute Gasteiger partial charge is 0.304 e. The van der Waals surface area contributed by atoms with Crippen molar-refractivity contribution in [3.63, 3.8) is 0 Å². The first-order chi connectivity index (χ1) is 39.7. The summed E-state index contributed by atoms with van der Waals surface area (Å²) in [5.74, 6) is 0. The number of piperidine rings is 4. The van der Waals surface area contributed by atoms with E-state index in [0.717, 1.165) is 0 Å². The van der Waals surface area contributed by atoms with Crippen LogP contribution in [0.5, 0.6) is 0 Å². The van der Waals surface area contributed by atoms with E-state index in [1.807, 2.05) is 125 Å². The van der Waals surface area contributed by atoms with Gasteiger partial charge in [0.1, 0.15) is 0 Å². The van der Waals surface area contributed by atoms with Crippen LogP contribution >= 0.6 is 0 Å². The Hall–Kier alpha value is 1.27. The van der Waals surface area contributed by atoms with E-state index in [0.29, 0.717) is 0 Å². The van der Waals surface area contributed by atoms with Gasteiger partial charge in [-0.05, 0) is 173 Å². The van der Waals surface area contributed by atoms with Crippen molar-refractivity contribution in [1.29, 1.82) is 0 Å². The minimum atomic E-state index is 0. The Kier molecular flexibility index (Phi) is 117. The van der Waals surface area contributed by atoms with Crippen LogP contribution in [0.3, 0.4) is 0 Å². The summed E-state index contributed by atoms with van der Waals surface area (Å²) in [4.78, 5) is 23.7. The average Bonchev–Trinajstić information content (AvgIpc) is 4.10. The number of nitrogens with zero attached hydrogens (tertiary/aromatic N) is 10. The smallest absolute Gasteiger partial charge is 0.0107 e. The molecule has 512 valence electrons. The molecule has 10 nitrogen and oxygen atoms in total. The van der Waals surface area contributed by atoms with E-state index in [2.05, 4.69) is 119 Å². The molecule has 0 spiro atoms. The average molecular weight is 1700 g/mol. The quantitative estimate of drug-likeness (QED) is 0.234. The second kappa shape index (κ2) is 92.0. The SMILES string of the molecule is C.CC.CC.CC.CC.CC.CC.CC.CC.CC.CN1CCC1.CN1CCCC1.CN1CCCCC1.CN1CCCCC1.CN1CCCCCC1.CN1CCCC[C]1=[W].CN1CCCC[C]1=[W].CN1CCC[C]1=[W].CN1CCN(C)CC1. The van der Waals surface area contributed by atoms with Crippen molar-refractivity contribution >= 4 is 12.1 Å². The molecule has 0 saturated carbocycles. The Morgan fingerprint density at radius 3 is 0.446 bits per heavy atom. The second-order valence-corrected chi connectivity index (χ2v) is 25.3. The Bertz CT molecular complexity index is 1070. The number of piperazine rings is 1. The van der Waals surface area contributed by atoms with Crippen LogP contribution in [-0.2, 0) is 58.1 Å². The molecule has 0 bridgehead atoms. The van der Waals surface area contributed by atoms with E-state index in [4.69, 9.17) is 0 Å². The first-order valence-electron chi connectivity index (χ1n) is 35.2. The van der Waals surface area contributed by atoms with Gasteiger partial charge >= 0.3 is 177 Å². The van der Waals surface area contributed by atoms with E-state index >= 15 is 0 Å². The minimum absolute atomic E-state index is 0. The zero-order valence-corrected chi connectivity index (χ0v) is 70.9. The molecule has 9 saturated heterocycles. The van der Waals surface area contributed by atoms with Gasteiger partial charge in [0.25, 0.3) is 0 Å². The summed E-state index contributed by atoms with van der Waals surface area (Å²) >= 11 is 4.96. The van der Waals surface area contributed by atoms with Gasteiger partial charge in [0.2, 0.25) is 0 Å². The third-order valence-corrected chi connectivity index (χ3v) is 19.1. The Morgan fingerprint density at radius 1 is 0.181 bits per heavy atom. The zero-order valence-electron chi connectivity index (χ0n) is 62.1.